The average molecular weight is 431 g/mol. The largest absolute Gasteiger partial charge is 0.345 e. The van der Waals surface area contributed by atoms with Gasteiger partial charge in [-0.05, 0) is 46.4 Å². The third-order valence-electron chi connectivity index (χ3n) is 3.90. The van der Waals surface area contributed by atoms with E-state index in [4.69, 9.17) is 0 Å². The molecule has 2 aromatic carbocycles. The maximum atomic E-state index is 12.7. The maximum absolute atomic E-state index is 12.7. The van der Waals surface area contributed by atoms with E-state index in [1.165, 1.54) is 0 Å². The Balaban J connectivity index is 1.85. The third-order valence-corrected chi connectivity index (χ3v) is 4.57. The van der Waals surface area contributed by atoms with Gasteiger partial charge in [0.2, 0.25) is 0 Å². The fourth-order valence-electron chi connectivity index (χ4n) is 2.58. The lowest BCUT2D eigenvalue weighted by Gasteiger charge is -2.19. The van der Waals surface area contributed by atoms with Crippen molar-refractivity contribution in [3.05, 3.63) is 87.5 Å². The lowest BCUT2D eigenvalue weighted by atomic mass is 10.0. The van der Waals surface area contributed by atoms with Crippen molar-refractivity contribution < 1.29 is 4.79 Å². The number of nitrogens with one attached hydrogen (secondary N) is 1. The molecular formula is C19H18IN3O. The summed E-state index contributed by atoms with van der Waals surface area (Å²) >= 11 is 2.21. The molecule has 1 aromatic heterocycles. The molecule has 122 valence electrons. The monoisotopic (exact) mass is 431 g/mol. The van der Waals surface area contributed by atoms with Crippen LogP contribution in [0.5, 0.6) is 0 Å². The summed E-state index contributed by atoms with van der Waals surface area (Å²) in [5, 5.41) is 3.15. The maximum Gasteiger partial charge on any atom is 0.251 e. The topological polar surface area (TPSA) is 46.9 Å². The van der Waals surface area contributed by atoms with Crippen LogP contribution >= 0.6 is 22.6 Å². The standard InChI is InChI=1S/C19H18IN3O/c1-23-11-10-21-18(23)13-17(14-6-3-2-4-7-14)22-19(24)15-8-5-9-16(20)12-15/h2-12,17H,13H2,1H3,(H,22,24)/t17-/m1/s1. The van der Waals surface area contributed by atoms with Crippen LogP contribution in [0.15, 0.2) is 67.0 Å². The molecule has 0 unspecified atom stereocenters. The number of imidazole rings is 1. The Bertz CT molecular complexity index is 829. The molecule has 3 rings (SSSR count). The number of hydrogen-bond acceptors (Lipinski definition) is 2. The van der Waals surface area contributed by atoms with E-state index < -0.39 is 0 Å². The molecule has 0 aliphatic rings. The van der Waals surface area contributed by atoms with Crippen LogP contribution in [0.25, 0.3) is 0 Å². The zero-order chi connectivity index (χ0) is 16.9. The Hall–Kier alpha value is -2.15. The summed E-state index contributed by atoms with van der Waals surface area (Å²) < 4.78 is 3.02. The molecule has 0 saturated carbocycles. The first-order valence-electron chi connectivity index (χ1n) is 7.71. The van der Waals surface area contributed by atoms with Crippen LogP contribution in [0.1, 0.15) is 27.8 Å². The van der Waals surface area contributed by atoms with Gasteiger partial charge in [-0.15, -0.1) is 0 Å². The van der Waals surface area contributed by atoms with Gasteiger partial charge in [-0.25, -0.2) is 4.98 Å². The van der Waals surface area contributed by atoms with Crippen molar-refractivity contribution in [2.75, 3.05) is 0 Å². The molecule has 0 spiro atoms. The number of benzene rings is 2. The molecule has 1 atom stereocenters. The fourth-order valence-corrected chi connectivity index (χ4v) is 3.13. The molecule has 24 heavy (non-hydrogen) atoms. The van der Waals surface area contributed by atoms with E-state index in [0.29, 0.717) is 12.0 Å². The van der Waals surface area contributed by atoms with E-state index in [9.17, 15) is 4.79 Å². The number of amides is 1. The number of aromatic nitrogens is 2. The SMILES string of the molecule is Cn1ccnc1C[C@@H](NC(=O)c1cccc(I)c1)c1ccccc1. The van der Waals surface area contributed by atoms with Crippen LogP contribution < -0.4 is 5.32 Å². The Kier molecular flexibility index (Phi) is 5.30. The second-order valence-corrected chi connectivity index (χ2v) is 6.85. The van der Waals surface area contributed by atoms with E-state index in [0.717, 1.165) is 15.0 Å². The number of hydrogen-bond donors (Lipinski definition) is 1. The van der Waals surface area contributed by atoms with E-state index in [1.54, 1.807) is 6.20 Å². The first-order chi connectivity index (χ1) is 11.6. The van der Waals surface area contributed by atoms with Crippen molar-refractivity contribution >= 4 is 28.5 Å². The quantitative estimate of drug-likeness (QED) is 0.626. The van der Waals surface area contributed by atoms with Gasteiger partial charge < -0.3 is 9.88 Å². The summed E-state index contributed by atoms with van der Waals surface area (Å²) in [4.78, 5) is 17.0. The van der Waals surface area contributed by atoms with Crippen molar-refractivity contribution in [2.24, 2.45) is 7.05 Å². The Morgan fingerprint density at radius 3 is 2.67 bits per heavy atom. The van der Waals surface area contributed by atoms with E-state index in [-0.39, 0.29) is 11.9 Å². The molecule has 1 heterocycles. The van der Waals surface area contributed by atoms with Gasteiger partial charge in [-0.3, -0.25) is 4.79 Å². The highest BCUT2D eigenvalue weighted by Gasteiger charge is 2.18. The van der Waals surface area contributed by atoms with E-state index in [1.807, 2.05) is 72.4 Å². The summed E-state index contributed by atoms with van der Waals surface area (Å²) in [5.74, 6) is 0.864. The second-order valence-electron chi connectivity index (χ2n) is 5.61. The predicted molar refractivity (Wildman–Crippen MR) is 103 cm³/mol. The van der Waals surface area contributed by atoms with Crippen LogP contribution in [0.2, 0.25) is 0 Å². The summed E-state index contributed by atoms with van der Waals surface area (Å²) in [6.07, 6.45) is 4.33. The zero-order valence-electron chi connectivity index (χ0n) is 13.3. The van der Waals surface area contributed by atoms with Gasteiger partial charge in [-0.1, -0.05) is 36.4 Å². The number of halogens is 1. The van der Waals surface area contributed by atoms with Crippen LogP contribution in [0, 0.1) is 3.57 Å². The first-order valence-corrected chi connectivity index (χ1v) is 8.79. The molecule has 1 amide bonds. The molecule has 3 aromatic rings. The summed E-state index contributed by atoms with van der Waals surface area (Å²) in [6.45, 7) is 0. The first kappa shape index (κ1) is 16.7. The van der Waals surface area contributed by atoms with Crippen molar-refractivity contribution in [1.29, 1.82) is 0 Å². The van der Waals surface area contributed by atoms with Gasteiger partial charge in [0.1, 0.15) is 5.82 Å². The fraction of sp³-hybridized carbons (Fsp3) is 0.158. The highest BCUT2D eigenvalue weighted by atomic mass is 127. The Labute approximate surface area is 155 Å². The highest BCUT2D eigenvalue weighted by Crippen LogP contribution is 2.18. The molecule has 0 aliphatic heterocycles. The van der Waals surface area contributed by atoms with Crippen LogP contribution in [-0.2, 0) is 13.5 Å². The summed E-state index contributed by atoms with van der Waals surface area (Å²) in [7, 11) is 1.96. The average Bonchev–Trinajstić information content (AvgIpc) is 3.00. The van der Waals surface area contributed by atoms with Gasteiger partial charge in [-0.2, -0.15) is 0 Å². The summed E-state index contributed by atoms with van der Waals surface area (Å²) in [5.41, 5.74) is 1.74. The van der Waals surface area contributed by atoms with Crippen LogP contribution in [-0.4, -0.2) is 15.5 Å². The summed E-state index contributed by atoms with van der Waals surface area (Å²) in [6, 6.07) is 17.5. The van der Waals surface area contributed by atoms with Crippen molar-refractivity contribution in [3.63, 3.8) is 0 Å². The molecule has 0 radical (unpaired) electrons. The number of nitrogens with zero attached hydrogens (tertiary/aromatic N) is 2. The highest BCUT2D eigenvalue weighted by molar-refractivity contribution is 14.1. The Morgan fingerprint density at radius 2 is 2.00 bits per heavy atom. The minimum Gasteiger partial charge on any atom is -0.345 e. The van der Waals surface area contributed by atoms with E-state index in [2.05, 4.69) is 32.9 Å². The minimum atomic E-state index is -0.127. The number of carbonyl (C=O) groups is 1. The molecule has 0 fully saturated rings. The lowest BCUT2D eigenvalue weighted by molar-refractivity contribution is 0.0936. The van der Waals surface area contributed by atoms with Gasteiger partial charge >= 0.3 is 0 Å². The molecule has 1 N–H and O–H groups in total. The van der Waals surface area contributed by atoms with Gasteiger partial charge in [0.15, 0.2) is 0 Å². The molecule has 4 nitrogen and oxygen atoms in total. The normalized spacial score (nSPS) is 11.9. The van der Waals surface area contributed by atoms with Crippen molar-refractivity contribution in [2.45, 2.75) is 12.5 Å². The van der Waals surface area contributed by atoms with Gasteiger partial charge in [0.05, 0.1) is 6.04 Å². The van der Waals surface area contributed by atoms with Crippen LogP contribution in [0.4, 0.5) is 0 Å². The molecular weight excluding hydrogens is 413 g/mol. The predicted octanol–water partition coefficient (Wildman–Crippen LogP) is 3.74. The second kappa shape index (κ2) is 7.61. The molecule has 0 bridgehead atoms. The van der Waals surface area contributed by atoms with Crippen molar-refractivity contribution in [3.8, 4) is 0 Å². The lowest BCUT2D eigenvalue weighted by Crippen LogP contribution is -2.30. The van der Waals surface area contributed by atoms with E-state index >= 15 is 0 Å². The molecule has 0 saturated heterocycles. The smallest absolute Gasteiger partial charge is 0.251 e. The van der Waals surface area contributed by atoms with Gasteiger partial charge in [0.25, 0.3) is 5.91 Å². The minimum absolute atomic E-state index is 0.0726. The zero-order valence-corrected chi connectivity index (χ0v) is 15.5. The Morgan fingerprint density at radius 1 is 1.21 bits per heavy atom. The third kappa shape index (κ3) is 4.03. The number of rotatable bonds is 5. The molecule has 0 aliphatic carbocycles. The van der Waals surface area contributed by atoms with Crippen LogP contribution in [0.3, 0.4) is 0 Å². The van der Waals surface area contributed by atoms with Gasteiger partial charge in [0, 0.05) is 35.0 Å². The number of carbonyl (C=O) groups excluding carboxylic acids is 1. The van der Waals surface area contributed by atoms with Crippen molar-refractivity contribution in [1.82, 2.24) is 14.9 Å². The number of aryl methyl sites for hydroxylation is 1. The molecule has 5 heteroatoms.